The Bertz CT molecular complexity index is 447. The van der Waals surface area contributed by atoms with E-state index in [0.29, 0.717) is 13.1 Å². The van der Waals surface area contributed by atoms with E-state index in [-0.39, 0.29) is 0 Å². The van der Waals surface area contributed by atoms with Crippen LogP contribution in [0, 0.1) is 6.92 Å². The van der Waals surface area contributed by atoms with Crippen LogP contribution in [0.4, 0.5) is 0 Å². The molecule has 0 saturated heterocycles. The van der Waals surface area contributed by atoms with Crippen LogP contribution in [0.1, 0.15) is 5.56 Å². The number of aromatic nitrogens is 3. The van der Waals surface area contributed by atoms with E-state index in [2.05, 4.69) is 29.4 Å². The number of rotatable bonds is 3. The van der Waals surface area contributed by atoms with E-state index in [1.807, 2.05) is 18.3 Å². The fourth-order valence-electron chi connectivity index (χ4n) is 1.48. The Labute approximate surface area is 88.7 Å². The van der Waals surface area contributed by atoms with Gasteiger partial charge in [-0.3, -0.25) is 4.68 Å². The maximum absolute atomic E-state index is 5.44. The molecule has 0 amide bonds. The van der Waals surface area contributed by atoms with Gasteiger partial charge in [-0.25, -0.2) is 0 Å². The van der Waals surface area contributed by atoms with Crippen molar-refractivity contribution < 1.29 is 0 Å². The van der Waals surface area contributed by atoms with Crippen molar-refractivity contribution in [2.75, 3.05) is 6.54 Å². The maximum Gasteiger partial charge on any atom is 0.113 e. The van der Waals surface area contributed by atoms with Crippen LogP contribution >= 0.6 is 0 Å². The Morgan fingerprint density at radius 1 is 1.40 bits per heavy atom. The van der Waals surface area contributed by atoms with E-state index in [4.69, 9.17) is 5.73 Å². The minimum atomic E-state index is 0.580. The Morgan fingerprint density at radius 2 is 2.27 bits per heavy atom. The van der Waals surface area contributed by atoms with Gasteiger partial charge in [-0.2, -0.15) is 0 Å². The molecule has 0 spiro atoms. The van der Waals surface area contributed by atoms with Crippen molar-refractivity contribution in [2.45, 2.75) is 13.5 Å². The highest BCUT2D eigenvalue weighted by molar-refractivity contribution is 5.58. The minimum Gasteiger partial charge on any atom is -0.329 e. The molecule has 0 atom stereocenters. The smallest absolute Gasteiger partial charge is 0.113 e. The molecule has 4 nitrogen and oxygen atoms in total. The molecule has 0 saturated carbocycles. The monoisotopic (exact) mass is 202 g/mol. The first-order valence-electron chi connectivity index (χ1n) is 4.97. The van der Waals surface area contributed by atoms with Gasteiger partial charge in [0.2, 0.25) is 0 Å². The fraction of sp³-hybridized carbons (Fsp3) is 0.273. The number of hydrogen-bond donors (Lipinski definition) is 1. The van der Waals surface area contributed by atoms with Crippen molar-refractivity contribution >= 4 is 0 Å². The summed E-state index contributed by atoms with van der Waals surface area (Å²) >= 11 is 0. The number of nitrogens with two attached hydrogens (primary N) is 1. The van der Waals surface area contributed by atoms with Crippen molar-refractivity contribution in [3.05, 3.63) is 36.0 Å². The van der Waals surface area contributed by atoms with Gasteiger partial charge in [-0.05, 0) is 13.0 Å². The molecule has 2 rings (SSSR count). The summed E-state index contributed by atoms with van der Waals surface area (Å²) in [6.45, 7) is 3.35. The molecule has 4 heteroatoms. The molecule has 0 radical (unpaired) electrons. The van der Waals surface area contributed by atoms with Crippen molar-refractivity contribution in [2.24, 2.45) is 5.73 Å². The molecule has 1 aromatic heterocycles. The highest BCUT2D eigenvalue weighted by Gasteiger charge is 2.02. The topological polar surface area (TPSA) is 56.7 Å². The minimum absolute atomic E-state index is 0.580. The normalized spacial score (nSPS) is 10.5. The second kappa shape index (κ2) is 4.23. The lowest BCUT2D eigenvalue weighted by molar-refractivity contribution is 0.598. The van der Waals surface area contributed by atoms with E-state index in [1.165, 1.54) is 5.56 Å². The van der Waals surface area contributed by atoms with Crippen LogP contribution in [-0.4, -0.2) is 21.5 Å². The van der Waals surface area contributed by atoms with Crippen molar-refractivity contribution in [3.8, 4) is 11.3 Å². The van der Waals surface area contributed by atoms with Gasteiger partial charge in [0.15, 0.2) is 0 Å². The summed E-state index contributed by atoms with van der Waals surface area (Å²) in [7, 11) is 0. The van der Waals surface area contributed by atoms with Crippen molar-refractivity contribution in [3.63, 3.8) is 0 Å². The molecule has 0 aliphatic rings. The van der Waals surface area contributed by atoms with Crippen molar-refractivity contribution in [1.82, 2.24) is 15.0 Å². The fourth-order valence-corrected chi connectivity index (χ4v) is 1.48. The summed E-state index contributed by atoms with van der Waals surface area (Å²) < 4.78 is 1.76. The zero-order valence-corrected chi connectivity index (χ0v) is 8.72. The van der Waals surface area contributed by atoms with Crippen LogP contribution < -0.4 is 5.73 Å². The third-order valence-electron chi connectivity index (χ3n) is 2.21. The van der Waals surface area contributed by atoms with Gasteiger partial charge in [0.25, 0.3) is 0 Å². The van der Waals surface area contributed by atoms with Crippen LogP contribution in [0.5, 0.6) is 0 Å². The number of nitrogens with zero attached hydrogens (tertiary/aromatic N) is 3. The first-order valence-corrected chi connectivity index (χ1v) is 4.97. The summed E-state index contributed by atoms with van der Waals surface area (Å²) in [5.74, 6) is 0. The molecule has 0 unspecified atom stereocenters. The van der Waals surface area contributed by atoms with Gasteiger partial charge in [-0.1, -0.05) is 29.0 Å². The molecular weight excluding hydrogens is 188 g/mol. The van der Waals surface area contributed by atoms with Gasteiger partial charge >= 0.3 is 0 Å². The first-order chi connectivity index (χ1) is 7.29. The lowest BCUT2D eigenvalue weighted by Crippen LogP contribution is -2.10. The van der Waals surface area contributed by atoms with Crippen LogP contribution in [0.25, 0.3) is 11.3 Å². The van der Waals surface area contributed by atoms with Crippen LogP contribution in [0.2, 0.25) is 0 Å². The largest absolute Gasteiger partial charge is 0.329 e. The lowest BCUT2D eigenvalue weighted by Gasteiger charge is -1.97. The van der Waals surface area contributed by atoms with Crippen LogP contribution in [-0.2, 0) is 6.54 Å². The maximum atomic E-state index is 5.44. The Morgan fingerprint density at radius 3 is 3.00 bits per heavy atom. The van der Waals surface area contributed by atoms with E-state index >= 15 is 0 Å². The van der Waals surface area contributed by atoms with E-state index in [0.717, 1.165) is 11.3 Å². The Balaban J connectivity index is 2.29. The summed E-state index contributed by atoms with van der Waals surface area (Å²) in [6.07, 6.45) is 1.92. The van der Waals surface area contributed by atoms with Gasteiger partial charge in [0.05, 0.1) is 12.7 Å². The molecule has 1 aromatic carbocycles. The third kappa shape index (κ3) is 2.22. The SMILES string of the molecule is Cc1cccc(-c2cn(CCN)nn2)c1. The molecule has 0 aliphatic carbocycles. The van der Waals surface area contributed by atoms with Crippen LogP contribution in [0.3, 0.4) is 0 Å². The standard InChI is InChI=1S/C11H14N4/c1-9-3-2-4-10(7-9)11-8-15(6-5-12)14-13-11/h2-4,7-8H,5-6,12H2,1H3. The number of aryl methyl sites for hydroxylation is 1. The highest BCUT2D eigenvalue weighted by atomic mass is 15.4. The molecule has 15 heavy (non-hydrogen) atoms. The predicted octanol–water partition coefficient (Wildman–Crippen LogP) is 1.21. The molecule has 0 aliphatic heterocycles. The van der Waals surface area contributed by atoms with Crippen LogP contribution in [0.15, 0.2) is 30.5 Å². The highest BCUT2D eigenvalue weighted by Crippen LogP contribution is 2.16. The molecule has 78 valence electrons. The molecule has 2 aromatic rings. The average Bonchev–Trinajstić information content (AvgIpc) is 2.67. The second-order valence-corrected chi connectivity index (χ2v) is 3.53. The zero-order chi connectivity index (χ0) is 10.7. The first kappa shape index (κ1) is 9.86. The van der Waals surface area contributed by atoms with Gasteiger partial charge in [0.1, 0.15) is 5.69 Å². The predicted molar refractivity (Wildman–Crippen MR) is 59.2 cm³/mol. The van der Waals surface area contributed by atoms with E-state index in [1.54, 1.807) is 4.68 Å². The molecule has 1 heterocycles. The van der Waals surface area contributed by atoms with E-state index in [9.17, 15) is 0 Å². The van der Waals surface area contributed by atoms with Gasteiger partial charge in [0, 0.05) is 12.1 Å². The number of benzene rings is 1. The summed E-state index contributed by atoms with van der Waals surface area (Å²) in [6, 6.07) is 8.21. The summed E-state index contributed by atoms with van der Waals surface area (Å²) in [4.78, 5) is 0. The molecule has 2 N–H and O–H groups in total. The summed E-state index contributed by atoms with van der Waals surface area (Å²) in [5.41, 5.74) is 8.66. The van der Waals surface area contributed by atoms with Gasteiger partial charge in [-0.15, -0.1) is 5.10 Å². The molecule has 0 bridgehead atoms. The van der Waals surface area contributed by atoms with E-state index < -0.39 is 0 Å². The molecule has 0 fully saturated rings. The van der Waals surface area contributed by atoms with Gasteiger partial charge < -0.3 is 5.73 Å². The lowest BCUT2D eigenvalue weighted by atomic mass is 10.1. The van der Waals surface area contributed by atoms with Crippen molar-refractivity contribution in [1.29, 1.82) is 0 Å². The average molecular weight is 202 g/mol. The molecular formula is C11H14N4. The number of hydrogen-bond acceptors (Lipinski definition) is 3. The quantitative estimate of drug-likeness (QED) is 0.814. The second-order valence-electron chi connectivity index (χ2n) is 3.53. The third-order valence-corrected chi connectivity index (χ3v) is 2.21. The zero-order valence-electron chi connectivity index (χ0n) is 8.72. The summed E-state index contributed by atoms with van der Waals surface area (Å²) in [5, 5.41) is 8.10. The Hall–Kier alpha value is -1.68. The Kier molecular flexibility index (Phi) is 2.78.